The maximum Gasteiger partial charge on any atom is 0.263 e. The first-order valence-corrected chi connectivity index (χ1v) is 10.8. The summed E-state index contributed by atoms with van der Waals surface area (Å²) in [5.74, 6) is 0. The van der Waals surface area contributed by atoms with Gasteiger partial charge >= 0.3 is 0 Å². The summed E-state index contributed by atoms with van der Waals surface area (Å²) in [7, 11) is -7.56. The lowest BCUT2D eigenvalue weighted by molar-refractivity contribution is 0.600. The molecular weight excluding hydrogens is 426 g/mol. The molecule has 0 aliphatic rings. The Morgan fingerprint density at radius 3 is 2.26 bits per heavy atom. The standard InChI is InChI=1S/C14H13BrClNO4S2/c1-9-7-10(3-5-12(9)15)17-23(20,21)14-8-11(22(2,18)19)4-6-13(14)16/h3-8,17H,1-2H3. The van der Waals surface area contributed by atoms with Crippen LogP contribution in [0.15, 0.2) is 50.7 Å². The molecule has 0 spiro atoms. The van der Waals surface area contributed by atoms with Crippen LogP contribution in [0.2, 0.25) is 5.02 Å². The van der Waals surface area contributed by atoms with Crippen LogP contribution in [0.25, 0.3) is 0 Å². The van der Waals surface area contributed by atoms with E-state index in [0.29, 0.717) is 5.69 Å². The SMILES string of the molecule is Cc1cc(NS(=O)(=O)c2cc(S(C)(=O)=O)ccc2Cl)ccc1Br. The second kappa shape index (κ2) is 6.43. The lowest BCUT2D eigenvalue weighted by Gasteiger charge is -2.11. The normalized spacial score (nSPS) is 12.2. The summed E-state index contributed by atoms with van der Waals surface area (Å²) in [5, 5.41) is -0.0567. The molecule has 5 nitrogen and oxygen atoms in total. The van der Waals surface area contributed by atoms with Gasteiger partial charge in [-0.15, -0.1) is 0 Å². The topological polar surface area (TPSA) is 80.3 Å². The van der Waals surface area contributed by atoms with Crippen LogP contribution in [0.5, 0.6) is 0 Å². The summed E-state index contributed by atoms with van der Waals surface area (Å²) in [4.78, 5) is -0.406. The van der Waals surface area contributed by atoms with Gasteiger partial charge in [0.15, 0.2) is 9.84 Å². The summed E-state index contributed by atoms with van der Waals surface area (Å²) in [6.07, 6.45) is 0.998. The van der Waals surface area contributed by atoms with Crippen molar-refractivity contribution >= 4 is 53.1 Å². The molecule has 2 rings (SSSR count). The molecule has 0 bridgehead atoms. The summed E-state index contributed by atoms with van der Waals surface area (Å²) in [5.41, 5.74) is 1.20. The number of nitrogens with one attached hydrogen (secondary N) is 1. The minimum atomic E-state index is -4.02. The van der Waals surface area contributed by atoms with Gasteiger partial charge in [-0.3, -0.25) is 4.72 Å². The third-order valence-corrected chi connectivity index (χ3v) is 6.89. The van der Waals surface area contributed by atoms with Gasteiger partial charge in [-0.25, -0.2) is 16.8 Å². The first-order chi connectivity index (χ1) is 10.5. The van der Waals surface area contributed by atoms with Gasteiger partial charge in [0.05, 0.1) is 9.92 Å². The number of sulfonamides is 1. The van der Waals surface area contributed by atoms with E-state index in [-0.39, 0.29) is 14.8 Å². The van der Waals surface area contributed by atoms with E-state index in [1.165, 1.54) is 12.1 Å². The van der Waals surface area contributed by atoms with E-state index in [4.69, 9.17) is 11.6 Å². The fraction of sp³-hybridized carbons (Fsp3) is 0.143. The fourth-order valence-electron chi connectivity index (χ4n) is 1.84. The van der Waals surface area contributed by atoms with Gasteiger partial charge < -0.3 is 0 Å². The average Bonchev–Trinajstić information content (AvgIpc) is 2.41. The number of aryl methyl sites for hydroxylation is 1. The highest BCUT2D eigenvalue weighted by atomic mass is 79.9. The second-order valence-corrected chi connectivity index (χ2v) is 9.86. The second-order valence-electron chi connectivity index (χ2n) is 4.93. The zero-order chi connectivity index (χ0) is 17.4. The smallest absolute Gasteiger partial charge is 0.263 e. The van der Waals surface area contributed by atoms with Gasteiger partial charge in [0.2, 0.25) is 0 Å². The molecule has 124 valence electrons. The van der Waals surface area contributed by atoms with Crippen LogP contribution in [-0.4, -0.2) is 23.1 Å². The number of rotatable bonds is 4. The lowest BCUT2D eigenvalue weighted by Crippen LogP contribution is -2.14. The highest BCUT2D eigenvalue weighted by molar-refractivity contribution is 9.10. The van der Waals surface area contributed by atoms with E-state index >= 15 is 0 Å². The van der Waals surface area contributed by atoms with Crippen molar-refractivity contribution in [3.05, 3.63) is 51.5 Å². The molecule has 0 radical (unpaired) electrons. The molecule has 0 aromatic heterocycles. The van der Waals surface area contributed by atoms with Gasteiger partial charge in [-0.05, 0) is 48.9 Å². The van der Waals surface area contributed by atoms with E-state index < -0.39 is 19.9 Å². The molecule has 2 aromatic rings. The molecule has 9 heteroatoms. The van der Waals surface area contributed by atoms with Gasteiger partial charge in [-0.2, -0.15) is 0 Å². The van der Waals surface area contributed by atoms with Crippen LogP contribution in [0.4, 0.5) is 5.69 Å². The third-order valence-electron chi connectivity index (χ3n) is 3.03. The van der Waals surface area contributed by atoms with Crippen molar-refractivity contribution in [2.75, 3.05) is 11.0 Å². The average molecular weight is 439 g/mol. The molecule has 0 unspecified atom stereocenters. The molecule has 0 saturated heterocycles. The van der Waals surface area contributed by atoms with Crippen LogP contribution in [0.1, 0.15) is 5.56 Å². The number of sulfone groups is 1. The zero-order valence-corrected chi connectivity index (χ0v) is 16.1. The Balaban J connectivity index is 2.49. The van der Waals surface area contributed by atoms with Crippen LogP contribution < -0.4 is 4.72 Å². The third kappa shape index (κ3) is 4.26. The Labute approximate surface area is 148 Å². The van der Waals surface area contributed by atoms with E-state index in [1.807, 2.05) is 6.92 Å². The number of hydrogen-bond acceptors (Lipinski definition) is 4. The zero-order valence-electron chi connectivity index (χ0n) is 12.2. The molecule has 1 N–H and O–H groups in total. The molecule has 0 heterocycles. The number of halogens is 2. The Bertz CT molecular complexity index is 972. The molecule has 0 amide bonds. The van der Waals surface area contributed by atoms with Crippen LogP contribution in [0.3, 0.4) is 0 Å². The van der Waals surface area contributed by atoms with Gasteiger partial charge in [0, 0.05) is 16.4 Å². The van der Waals surface area contributed by atoms with E-state index in [1.54, 1.807) is 18.2 Å². The van der Waals surface area contributed by atoms with Crippen LogP contribution in [-0.2, 0) is 19.9 Å². The van der Waals surface area contributed by atoms with E-state index in [0.717, 1.165) is 22.4 Å². The quantitative estimate of drug-likeness (QED) is 0.790. The largest absolute Gasteiger partial charge is 0.280 e. The van der Waals surface area contributed by atoms with Gasteiger partial charge in [0.25, 0.3) is 10.0 Å². The monoisotopic (exact) mass is 437 g/mol. The molecule has 0 aliphatic heterocycles. The summed E-state index contributed by atoms with van der Waals surface area (Å²) >= 11 is 9.26. The molecular formula is C14H13BrClNO4S2. The molecule has 23 heavy (non-hydrogen) atoms. The minimum absolute atomic E-state index is 0.0567. The summed E-state index contributed by atoms with van der Waals surface area (Å²) in [6.45, 7) is 1.82. The van der Waals surface area contributed by atoms with Gasteiger partial charge in [-0.1, -0.05) is 27.5 Å². The number of benzene rings is 2. The number of hydrogen-bond donors (Lipinski definition) is 1. The fourth-order valence-corrected chi connectivity index (χ4v) is 4.38. The predicted octanol–water partition coefficient (Wildman–Crippen LogP) is 3.62. The van der Waals surface area contributed by atoms with Crippen molar-refractivity contribution < 1.29 is 16.8 Å². The molecule has 0 saturated carbocycles. The predicted molar refractivity (Wildman–Crippen MR) is 94.2 cm³/mol. The van der Waals surface area contributed by atoms with E-state index in [2.05, 4.69) is 20.7 Å². The van der Waals surface area contributed by atoms with Gasteiger partial charge in [0.1, 0.15) is 4.90 Å². The molecule has 0 aliphatic carbocycles. The van der Waals surface area contributed by atoms with Crippen LogP contribution >= 0.6 is 27.5 Å². The maximum absolute atomic E-state index is 12.5. The summed E-state index contributed by atoms with van der Waals surface area (Å²) < 4.78 is 51.4. The minimum Gasteiger partial charge on any atom is -0.280 e. The summed E-state index contributed by atoms with van der Waals surface area (Å²) in [6, 6.07) is 8.51. The van der Waals surface area contributed by atoms with E-state index in [9.17, 15) is 16.8 Å². The first kappa shape index (κ1) is 18.3. The van der Waals surface area contributed by atoms with Crippen molar-refractivity contribution in [3.8, 4) is 0 Å². The Kier molecular flexibility index (Phi) is 5.10. The first-order valence-electron chi connectivity index (χ1n) is 6.29. The number of anilines is 1. The van der Waals surface area contributed by atoms with Crippen molar-refractivity contribution in [2.45, 2.75) is 16.7 Å². The van der Waals surface area contributed by atoms with Crippen molar-refractivity contribution in [1.82, 2.24) is 0 Å². The van der Waals surface area contributed by atoms with Crippen molar-refractivity contribution in [1.29, 1.82) is 0 Å². The highest BCUT2D eigenvalue weighted by Crippen LogP contribution is 2.28. The Morgan fingerprint density at radius 2 is 1.70 bits per heavy atom. The maximum atomic E-state index is 12.5. The Morgan fingerprint density at radius 1 is 1.04 bits per heavy atom. The Hall–Kier alpha value is -1.09. The highest BCUT2D eigenvalue weighted by Gasteiger charge is 2.21. The lowest BCUT2D eigenvalue weighted by atomic mass is 10.2. The molecule has 2 aromatic carbocycles. The van der Waals surface area contributed by atoms with Crippen LogP contribution in [0, 0.1) is 6.92 Å². The van der Waals surface area contributed by atoms with Crippen molar-refractivity contribution in [2.24, 2.45) is 0 Å². The van der Waals surface area contributed by atoms with Crippen molar-refractivity contribution in [3.63, 3.8) is 0 Å². The molecule has 0 fully saturated rings. The molecule has 0 atom stereocenters.